The third-order valence-electron chi connectivity index (χ3n) is 7.72. The minimum atomic E-state index is -0.327. The van der Waals surface area contributed by atoms with Crippen molar-refractivity contribution in [2.75, 3.05) is 39.3 Å². The largest absolute Gasteiger partial charge is 0.342 e. The summed E-state index contributed by atoms with van der Waals surface area (Å²) in [4.78, 5) is 37.8. The van der Waals surface area contributed by atoms with Crippen LogP contribution in [0.2, 0.25) is 0 Å². The Kier molecular flexibility index (Phi) is 7.61. The number of hydrogen-bond donors (Lipinski definition) is 0. The molecule has 0 spiro atoms. The highest BCUT2D eigenvalue weighted by Crippen LogP contribution is 2.27. The molecule has 2 fully saturated rings. The van der Waals surface area contributed by atoms with Crippen LogP contribution in [-0.4, -0.2) is 76.8 Å². The van der Waals surface area contributed by atoms with E-state index in [2.05, 4.69) is 4.90 Å². The number of benzene rings is 2. The summed E-state index contributed by atoms with van der Waals surface area (Å²) in [5.74, 6) is 0.306. The van der Waals surface area contributed by atoms with Crippen LogP contribution in [0.5, 0.6) is 0 Å². The first kappa shape index (κ1) is 26.1. The van der Waals surface area contributed by atoms with E-state index in [1.165, 1.54) is 0 Å². The first-order valence-electron chi connectivity index (χ1n) is 13.8. The molecule has 0 N–H and O–H groups in total. The fraction of sp³-hybridized carbons (Fsp3) is 0.406. The fourth-order valence-electron chi connectivity index (χ4n) is 5.55. The van der Waals surface area contributed by atoms with Gasteiger partial charge in [-0.1, -0.05) is 81.4 Å². The predicted molar refractivity (Wildman–Crippen MR) is 152 cm³/mol. The van der Waals surface area contributed by atoms with E-state index in [0.29, 0.717) is 24.7 Å². The number of rotatable bonds is 4. The van der Waals surface area contributed by atoms with Crippen LogP contribution in [0, 0.1) is 5.41 Å². The Morgan fingerprint density at radius 2 is 1.21 bits per heavy atom. The average Bonchev–Trinajstić information content (AvgIpc) is 2.97. The summed E-state index contributed by atoms with van der Waals surface area (Å²) in [6.45, 7) is 10.8. The minimum absolute atomic E-state index is 0.0620. The van der Waals surface area contributed by atoms with Gasteiger partial charge >= 0.3 is 0 Å². The Balaban J connectivity index is 1.27. The number of carbonyl (C=O) groups excluding carboxylic acids is 2. The van der Waals surface area contributed by atoms with Gasteiger partial charge in [0.2, 0.25) is 5.91 Å². The van der Waals surface area contributed by atoms with Crippen LogP contribution in [-0.2, 0) is 4.79 Å². The van der Waals surface area contributed by atoms with E-state index in [1.54, 1.807) is 0 Å². The zero-order chi connectivity index (χ0) is 26.7. The maximum Gasteiger partial charge on any atom is 0.254 e. The lowest BCUT2D eigenvalue weighted by Gasteiger charge is -2.43. The normalized spacial score (nSPS) is 17.4. The molecule has 5 rings (SSSR count). The Bertz CT molecular complexity index is 1200. The summed E-state index contributed by atoms with van der Waals surface area (Å²) in [7, 11) is 0. The second-order valence-corrected chi connectivity index (χ2v) is 11.5. The van der Waals surface area contributed by atoms with Crippen molar-refractivity contribution < 1.29 is 9.59 Å². The van der Waals surface area contributed by atoms with Crippen LogP contribution in [0.1, 0.15) is 44.0 Å². The number of aromatic nitrogens is 1. The monoisotopic (exact) mass is 510 g/mol. The van der Waals surface area contributed by atoms with Gasteiger partial charge in [-0.25, -0.2) is 4.98 Å². The molecule has 3 heterocycles. The SMILES string of the molecule is CC(C)(C)C(=O)N1CCC(N2CCN(C(=O)c3cc(-c4ccccc4)nc(-c4ccccc4)c3)CC2)CC1. The maximum absolute atomic E-state index is 13.7. The Morgan fingerprint density at radius 1 is 0.711 bits per heavy atom. The van der Waals surface area contributed by atoms with Crippen molar-refractivity contribution in [1.29, 1.82) is 0 Å². The van der Waals surface area contributed by atoms with Gasteiger partial charge in [0, 0.05) is 67.4 Å². The molecule has 2 saturated heterocycles. The second kappa shape index (κ2) is 11.1. The lowest BCUT2D eigenvalue weighted by atomic mass is 9.92. The van der Waals surface area contributed by atoms with Gasteiger partial charge in [0.1, 0.15) is 0 Å². The summed E-state index contributed by atoms with van der Waals surface area (Å²) < 4.78 is 0. The molecule has 3 aromatic rings. The summed E-state index contributed by atoms with van der Waals surface area (Å²) in [6.07, 6.45) is 2.00. The van der Waals surface area contributed by atoms with Crippen LogP contribution < -0.4 is 0 Å². The molecule has 198 valence electrons. The molecule has 0 bridgehead atoms. The van der Waals surface area contributed by atoms with Crippen LogP contribution in [0.3, 0.4) is 0 Å². The number of amides is 2. The Morgan fingerprint density at radius 3 is 1.68 bits per heavy atom. The molecule has 2 aliphatic heterocycles. The van der Waals surface area contributed by atoms with E-state index in [-0.39, 0.29) is 17.2 Å². The molecule has 0 aliphatic carbocycles. The lowest BCUT2D eigenvalue weighted by molar-refractivity contribution is -0.141. The molecule has 38 heavy (non-hydrogen) atoms. The molecule has 0 unspecified atom stereocenters. The molecule has 6 heteroatoms. The molecule has 0 saturated carbocycles. The fourth-order valence-corrected chi connectivity index (χ4v) is 5.55. The van der Waals surface area contributed by atoms with E-state index in [1.807, 2.05) is 103 Å². The number of pyridine rings is 1. The number of likely N-dealkylation sites (tertiary alicyclic amines) is 1. The van der Waals surface area contributed by atoms with Crippen molar-refractivity contribution >= 4 is 11.8 Å². The first-order valence-corrected chi connectivity index (χ1v) is 13.8. The third-order valence-corrected chi connectivity index (χ3v) is 7.72. The van der Waals surface area contributed by atoms with Gasteiger partial charge in [0.25, 0.3) is 5.91 Å². The van der Waals surface area contributed by atoms with Gasteiger partial charge in [0.15, 0.2) is 0 Å². The topological polar surface area (TPSA) is 56.8 Å². The zero-order valence-electron chi connectivity index (χ0n) is 22.8. The van der Waals surface area contributed by atoms with Gasteiger partial charge < -0.3 is 9.80 Å². The summed E-state index contributed by atoms with van der Waals surface area (Å²) >= 11 is 0. The third kappa shape index (κ3) is 5.81. The van der Waals surface area contributed by atoms with Crippen molar-refractivity contribution in [2.24, 2.45) is 5.41 Å². The summed E-state index contributed by atoms with van der Waals surface area (Å²) in [6, 6.07) is 24.4. The molecular weight excluding hydrogens is 472 g/mol. The highest BCUT2D eigenvalue weighted by atomic mass is 16.2. The van der Waals surface area contributed by atoms with Gasteiger partial charge in [-0.3, -0.25) is 14.5 Å². The zero-order valence-corrected chi connectivity index (χ0v) is 22.8. The van der Waals surface area contributed by atoms with Crippen LogP contribution >= 0.6 is 0 Å². The van der Waals surface area contributed by atoms with E-state index in [0.717, 1.165) is 61.5 Å². The number of piperazine rings is 1. The molecule has 1 aromatic heterocycles. The lowest BCUT2D eigenvalue weighted by Crippen LogP contribution is -2.55. The number of carbonyl (C=O) groups is 2. The molecule has 2 aliphatic rings. The Labute approximate surface area is 226 Å². The number of piperidine rings is 1. The van der Waals surface area contributed by atoms with Crippen molar-refractivity contribution in [2.45, 2.75) is 39.7 Å². The van der Waals surface area contributed by atoms with Crippen molar-refractivity contribution in [3.63, 3.8) is 0 Å². The van der Waals surface area contributed by atoms with E-state index in [4.69, 9.17) is 4.98 Å². The van der Waals surface area contributed by atoms with Crippen LogP contribution in [0.4, 0.5) is 0 Å². The second-order valence-electron chi connectivity index (χ2n) is 11.5. The molecule has 6 nitrogen and oxygen atoms in total. The van der Waals surface area contributed by atoms with E-state index in [9.17, 15) is 9.59 Å². The molecule has 2 aromatic carbocycles. The van der Waals surface area contributed by atoms with Crippen LogP contribution in [0.25, 0.3) is 22.5 Å². The maximum atomic E-state index is 13.7. The summed E-state index contributed by atoms with van der Waals surface area (Å²) in [5.41, 5.74) is 3.98. The molecule has 0 atom stereocenters. The molecule has 0 radical (unpaired) electrons. The quantitative estimate of drug-likeness (QED) is 0.484. The van der Waals surface area contributed by atoms with Crippen molar-refractivity contribution in [3.05, 3.63) is 78.4 Å². The van der Waals surface area contributed by atoms with Gasteiger partial charge in [-0.05, 0) is 25.0 Å². The van der Waals surface area contributed by atoms with Crippen LogP contribution in [0.15, 0.2) is 72.8 Å². The van der Waals surface area contributed by atoms with Gasteiger partial charge in [0.05, 0.1) is 11.4 Å². The average molecular weight is 511 g/mol. The van der Waals surface area contributed by atoms with Crippen molar-refractivity contribution in [3.8, 4) is 22.5 Å². The van der Waals surface area contributed by atoms with E-state index >= 15 is 0 Å². The number of hydrogen-bond acceptors (Lipinski definition) is 4. The summed E-state index contributed by atoms with van der Waals surface area (Å²) in [5, 5.41) is 0. The highest BCUT2D eigenvalue weighted by Gasteiger charge is 2.33. The first-order chi connectivity index (χ1) is 18.3. The smallest absolute Gasteiger partial charge is 0.254 e. The predicted octanol–water partition coefficient (Wildman–Crippen LogP) is 5.21. The number of nitrogens with zero attached hydrogens (tertiary/aromatic N) is 4. The van der Waals surface area contributed by atoms with Gasteiger partial charge in [-0.15, -0.1) is 0 Å². The Hall–Kier alpha value is -3.51. The minimum Gasteiger partial charge on any atom is -0.342 e. The standard InChI is InChI=1S/C32H38N4O2/c1-32(2,3)31(38)36-16-14-27(15-17-36)34-18-20-35(21-19-34)30(37)26-22-28(24-10-6-4-7-11-24)33-29(23-26)25-12-8-5-9-13-25/h4-13,22-23,27H,14-21H2,1-3H3. The van der Waals surface area contributed by atoms with E-state index < -0.39 is 0 Å². The van der Waals surface area contributed by atoms with Gasteiger partial charge in [-0.2, -0.15) is 0 Å². The highest BCUT2D eigenvalue weighted by molar-refractivity contribution is 5.96. The molecular formula is C32H38N4O2. The molecule has 2 amide bonds. The van der Waals surface area contributed by atoms with Crippen molar-refractivity contribution in [1.82, 2.24) is 19.7 Å².